The molecule has 0 aliphatic carbocycles. The van der Waals surface area contributed by atoms with E-state index in [9.17, 15) is 13.2 Å². The minimum absolute atomic E-state index is 0.226. The van der Waals surface area contributed by atoms with Gasteiger partial charge < -0.3 is 9.64 Å². The molecule has 0 bridgehead atoms. The Balaban J connectivity index is 1.70. The number of alkyl halides is 3. The maximum atomic E-state index is 12.9. The van der Waals surface area contributed by atoms with Crippen molar-refractivity contribution >= 4 is 17.1 Å². The minimum atomic E-state index is -4.28. The molecule has 160 valence electrons. The number of nitrogens with zero attached hydrogens (tertiary/aromatic N) is 7. The van der Waals surface area contributed by atoms with Gasteiger partial charge in [-0.15, -0.1) is 0 Å². The summed E-state index contributed by atoms with van der Waals surface area (Å²) in [6.07, 6.45) is -2.15. The molecule has 0 amide bonds. The van der Waals surface area contributed by atoms with Gasteiger partial charge in [-0.25, -0.2) is 15.0 Å². The van der Waals surface area contributed by atoms with Gasteiger partial charge in [0.1, 0.15) is 11.6 Å². The van der Waals surface area contributed by atoms with E-state index in [2.05, 4.69) is 25.0 Å². The first kappa shape index (κ1) is 20.5. The van der Waals surface area contributed by atoms with E-state index in [1.165, 1.54) is 0 Å². The van der Waals surface area contributed by atoms with Crippen LogP contribution < -0.4 is 4.90 Å². The van der Waals surface area contributed by atoms with E-state index in [1.54, 1.807) is 24.7 Å². The van der Waals surface area contributed by atoms with E-state index in [4.69, 9.17) is 4.74 Å². The highest BCUT2D eigenvalue weighted by Crippen LogP contribution is 2.28. The van der Waals surface area contributed by atoms with Gasteiger partial charge in [-0.3, -0.25) is 4.68 Å². The summed E-state index contributed by atoms with van der Waals surface area (Å²) in [4.78, 5) is 19.8. The fraction of sp³-hybridized carbons (Fsp3) is 0.526. The first-order chi connectivity index (χ1) is 14.2. The van der Waals surface area contributed by atoms with Gasteiger partial charge in [0.25, 0.3) is 0 Å². The van der Waals surface area contributed by atoms with Crippen LogP contribution in [0, 0.1) is 13.8 Å². The summed E-state index contributed by atoms with van der Waals surface area (Å²) in [5, 5.41) is 4.17. The molecule has 4 rings (SSSR count). The second kappa shape index (κ2) is 7.78. The number of morpholine rings is 1. The molecule has 0 spiro atoms. The van der Waals surface area contributed by atoms with Crippen LogP contribution >= 0.6 is 0 Å². The molecule has 0 saturated carbocycles. The Kier molecular flexibility index (Phi) is 5.31. The average Bonchev–Trinajstić information content (AvgIpc) is 3.13. The normalized spacial score (nSPS) is 17.7. The zero-order valence-corrected chi connectivity index (χ0v) is 16.9. The lowest BCUT2D eigenvalue weighted by atomic mass is 10.1. The lowest BCUT2D eigenvalue weighted by Gasteiger charge is -2.32. The van der Waals surface area contributed by atoms with Crippen LogP contribution in [0.3, 0.4) is 0 Å². The summed E-state index contributed by atoms with van der Waals surface area (Å²) in [7, 11) is 1.83. The number of hydrogen-bond acceptors (Lipinski definition) is 7. The zero-order valence-electron chi connectivity index (χ0n) is 16.9. The van der Waals surface area contributed by atoms with Gasteiger partial charge in [-0.1, -0.05) is 0 Å². The molecule has 3 aromatic heterocycles. The van der Waals surface area contributed by atoms with Crippen LogP contribution in [0.25, 0.3) is 11.2 Å². The Labute approximate surface area is 171 Å². The Morgan fingerprint density at radius 2 is 1.90 bits per heavy atom. The summed E-state index contributed by atoms with van der Waals surface area (Å²) in [5.41, 5.74) is 3.14. The zero-order chi connectivity index (χ0) is 21.5. The van der Waals surface area contributed by atoms with Gasteiger partial charge in [0.05, 0.1) is 36.4 Å². The van der Waals surface area contributed by atoms with Crippen LogP contribution in [0.15, 0.2) is 12.4 Å². The van der Waals surface area contributed by atoms with Crippen LogP contribution in [0.2, 0.25) is 0 Å². The van der Waals surface area contributed by atoms with E-state index < -0.39 is 12.6 Å². The van der Waals surface area contributed by atoms with E-state index in [0.29, 0.717) is 48.2 Å². The van der Waals surface area contributed by atoms with Gasteiger partial charge in [-0.05, 0) is 13.8 Å². The number of ether oxygens (including phenoxy) is 1. The van der Waals surface area contributed by atoms with Crippen molar-refractivity contribution in [3.05, 3.63) is 35.0 Å². The largest absolute Gasteiger partial charge is 0.389 e. The van der Waals surface area contributed by atoms with Gasteiger partial charge in [0.2, 0.25) is 5.95 Å². The highest BCUT2D eigenvalue weighted by molar-refractivity contribution is 5.74. The van der Waals surface area contributed by atoms with E-state index in [0.717, 1.165) is 5.56 Å². The van der Waals surface area contributed by atoms with Crippen molar-refractivity contribution in [2.75, 3.05) is 24.6 Å². The van der Waals surface area contributed by atoms with Crippen molar-refractivity contribution in [1.82, 2.24) is 29.7 Å². The highest BCUT2D eigenvalue weighted by atomic mass is 19.4. The number of fused-ring (bicyclic) bond motifs is 1. The number of anilines is 1. The molecular weight excluding hydrogens is 399 g/mol. The third-order valence-corrected chi connectivity index (χ3v) is 5.09. The molecular formula is C19H22F3N7O. The number of aryl methyl sites for hydroxylation is 4. The monoisotopic (exact) mass is 421 g/mol. The van der Waals surface area contributed by atoms with Gasteiger partial charge in [0.15, 0.2) is 5.65 Å². The lowest BCUT2D eigenvalue weighted by Crippen LogP contribution is -2.39. The third-order valence-electron chi connectivity index (χ3n) is 5.09. The van der Waals surface area contributed by atoms with Gasteiger partial charge in [-0.2, -0.15) is 23.3 Å². The first-order valence-electron chi connectivity index (χ1n) is 9.63. The molecule has 0 aromatic carbocycles. The standard InChI is InChI=1S/C19H22F3N7O/c1-11-12(2)25-17-16(24-11)14(4-5-19(20,21)22)26-18(27-17)29-6-7-30-15(10-29)13-8-23-28(3)9-13/h8-9,15H,4-7,10H2,1-3H3/t15-/m0/s1. The average molecular weight is 421 g/mol. The minimum Gasteiger partial charge on any atom is -0.370 e. The van der Waals surface area contributed by atoms with Gasteiger partial charge >= 0.3 is 6.18 Å². The van der Waals surface area contributed by atoms with Crippen molar-refractivity contribution in [2.45, 2.75) is 39.0 Å². The van der Waals surface area contributed by atoms with E-state index >= 15 is 0 Å². The molecule has 1 saturated heterocycles. The van der Waals surface area contributed by atoms with Crippen LogP contribution in [0.5, 0.6) is 0 Å². The lowest BCUT2D eigenvalue weighted by molar-refractivity contribution is -0.134. The van der Waals surface area contributed by atoms with Crippen LogP contribution in [0.4, 0.5) is 19.1 Å². The Bertz CT molecular complexity index is 1070. The number of aromatic nitrogens is 6. The Morgan fingerprint density at radius 1 is 1.13 bits per heavy atom. The number of halogens is 3. The molecule has 30 heavy (non-hydrogen) atoms. The molecule has 0 N–H and O–H groups in total. The van der Waals surface area contributed by atoms with Crippen molar-refractivity contribution in [2.24, 2.45) is 7.05 Å². The Hall–Kier alpha value is -2.82. The Morgan fingerprint density at radius 3 is 2.60 bits per heavy atom. The van der Waals surface area contributed by atoms with Crippen molar-refractivity contribution in [3.63, 3.8) is 0 Å². The molecule has 1 fully saturated rings. The smallest absolute Gasteiger partial charge is 0.370 e. The summed E-state index contributed by atoms with van der Waals surface area (Å²) < 4.78 is 46.1. The molecule has 0 radical (unpaired) electrons. The van der Waals surface area contributed by atoms with E-state index in [1.807, 2.05) is 18.1 Å². The van der Waals surface area contributed by atoms with Gasteiger partial charge in [0, 0.05) is 38.2 Å². The van der Waals surface area contributed by atoms with Crippen molar-refractivity contribution in [1.29, 1.82) is 0 Å². The summed E-state index contributed by atoms with van der Waals surface area (Å²) >= 11 is 0. The maximum Gasteiger partial charge on any atom is 0.389 e. The predicted octanol–water partition coefficient (Wildman–Crippen LogP) is 2.84. The molecule has 1 aliphatic heterocycles. The van der Waals surface area contributed by atoms with Crippen molar-refractivity contribution < 1.29 is 17.9 Å². The fourth-order valence-corrected chi connectivity index (χ4v) is 3.37. The second-order valence-electron chi connectivity index (χ2n) is 7.40. The molecule has 11 heteroatoms. The molecule has 1 atom stereocenters. The number of rotatable bonds is 4. The summed E-state index contributed by atoms with van der Waals surface area (Å²) in [6.45, 7) is 5.00. The SMILES string of the molecule is Cc1nc2nc(N3CCO[C@H](c4cnn(C)c4)C3)nc(CCC(F)(F)F)c2nc1C. The van der Waals surface area contributed by atoms with Crippen LogP contribution in [-0.4, -0.2) is 55.6 Å². The molecule has 4 heterocycles. The molecule has 1 aliphatic rings. The van der Waals surface area contributed by atoms with Crippen LogP contribution in [0.1, 0.15) is 35.2 Å². The van der Waals surface area contributed by atoms with Crippen molar-refractivity contribution in [3.8, 4) is 0 Å². The predicted molar refractivity (Wildman–Crippen MR) is 103 cm³/mol. The molecule has 8 nitrogen and oxygen atoms in total. The van der Waals surface area contributed by atoms with Crippen LogP contribution in [-0.2, 0) is 18.2 Å². The topological polar surface area (TPSA) is 81.9 Å². The summed E-state index contributed by atoms with van der Waals surface area (Å²) in [6, 6.07) is 0. The quantitative estimate of drug-likeness (QED) is 0.641. The second-order valence-corrected chi connectivity index (χ2v) is 7.40. The molecule has 3 aromatic rings. The maximum absolute atomic E-state index is 12.9. The van der Waals surface area contributed by atoms with E-state index in [-0.39, 0.29) is 18.2 Å². The number of hydrogen-bond donors (Lipinski definition) is 0. The fourth-order valence-electron chi connectivity index (χ4n) is 3.37. The first-order valence-corrected chi connectivity index (χ1v) is 9.63. The molecule has 0 unspecified atom stereocenters. The highest BCUT2D eigenvalue weighted by Gasteiger charge is 2.29. The summed E-state index contributed by atoms with van der Waals surface area (Å²) in [5.74, 6) is 0.342. The third kappa shape index (κ3) is 4.35.